The first-order chi connectivity index (χ1) is 13.3. The van der Waals surface area contributed by atoms with Crippen molar-refractivity contribution in [3.8, 4) is 0 Å². The van der Waals surface area contributed by atoms with Gasteiger partial charge in [0.2, 0.25) is 0 Å². The number of nitrogens with two attached hydrogens (primary N) is 1. The summed E-state index contributed by atoms with van der Waals surface area (Å²) < 4.78 is 17.6. The molecular weight excluding hydrogens is 391 g/mol. The Morgan fingerprint density at radius 2 is 1.96 bits per heavy atom. The lowest BCUT2D eigenvalue weighted by molar-refractivity contribution is -0.145. The number of anilines is 2. The van der Waals surface area contributed by atoms with E-state index in [1.165, 1.54) is 12.1 Å². The van der Waals surface area contributed by atoms with Gasteiger partial charge in [0.05, 0.1) is 12.4 Å². The third kappa shape index (κ3) is 5.91. The molecule has 1 aromatic carbocycles. The van der Waals surface area contributed by atoms with Crippen molar-refractivity contribution in [3.05, 3.63) is 46.0 Å². The van der Waals surface area contributed by atoms with E-state index in [-0.39, 0.29) is 41.0 Å². The molecule has 1 amide bonds. The van der Waals surface area contributed by atoms with Crippen LogP contribution in [0.3, 0.4) is 0 Å². The maximum Gasteiger partial charge on any atom is 0.313 e. The first-order valence-electron chi connectivity index (χ1n) is 8.07. The number of esters is 1. The summed E-state index contributed by atoms with van der Waals surface area (Å²) >= 11 is 0.884. The minimum absolute atomic E-state index is 0.0551. The highest BCUT2D eigenvalue weighted by molar-refractivity contribution is 7.99. The second-order valence-electron chi connectivity index (χ2n) is 5.40. The molecule has 4 N–H and O–H groups in total. The molecule has 0 aliphatic carbocycles. The van der Waals surface area contributed by atoms with Crippen molar-refractivity contribution < 1.29 is 23.5 Å². The third-order valence-electron chi connectivity index (χ3n) is 3.29. The van der Waals surface area contributed by atoms with Crippen molar-refractivity contribution in [1.82, 2.24) is 9.97 Å². The average molecular weight is 408 g/mol. The zero-order valence-electron chi connectivity index (χ0n) is 14.8. The van der Waals surface area contributed by atoms with E-state index in [0.29, 0.717) is 0 Å². The Bertz CT molecular complexity index is 946. The Labute approximate surface area is 162 Å². The number of ketones is 1. The molecule has 0 saturated carbocycles. The predicted octanol–water partition coefficient (Wildman–Crippen LogP) is 1.36. The van der Waals surface area contributed by atoms with Crippen LogP contribution >= 0.6 is 11.8 Å². The fraction of sp³-hybridized carbons (Fsp3) is 0.235. The van der Waals surface area contributed by atoms with Crippen molar-refractivity contribution in [2.24, 2.45) is 0 Å². The summed E-state index contributed by atoms with van der Waals surface area (Å²) in [5.74, 6) is -2.58. The number of carbonyl (C=O) groups excluding carboxylic acids is 3. The van der Waals surface area contributed by atoms with Gasteiger partial charge in [0.1, 0.15) is 17.9 Å². The fourth-order valence-electron chi connectivity index (χ4n) is 2.02. The van der Waals surface area contributed by atoms with Crippen LogP contribution in [-0.2, 0) is 14.3 Å². The molecular formula is C17H17FN4O5S. The van der Waals surface area contributed by atoms with Crippen LogP contribution in [0.1, 0.15) is 23.7 Å². The number of H-pyrrole nitrogens is 1. The van der Waals surface area contributed by atoms with Crippen LogP contribution < -0.4 is 16.6 Å². The van der Waals surface area contributed by atoms with Gasteiger partial charge >= 0.3 is 5.97 Å². The van der Waals surface area contributed by atoms with Crippen molar-refractivity contribution in [2.45, 2.75) is 18.5 Å². The fourth-order valence-corrected chi connectivity index (χ4v) is 2.75. The van der Waals surface area contributed by atoms with Gasteiger partial charge in [0, 0.05) is 5.56 Å². The molecule has 1 heterocycles. The van der Waals surface area contributed by atoms with Crippen molar-refractivity contribution in [2.75, 3.05) is 23.4 Å². The van der Waals surface area contributed by atoms with Gasteiger partial charge in [-0.05, 0) is 31.2 Å². The molecule has 28 heavy (non-hydrogen) atoms. The Hall–Kier alpha value is -3.21. The molecule has 0 aliphatic rings. The number of aromatic amines is 1. The van der Waals surface area contributed by atoms with E-state index in [0.717, 1.165) is 23.9 Å². The number of Topliss-reactive ketones (excluding diaryl/α,β-unsaturated/α-hetero) is 1. The number of amides is 1. The second kappa shape index (κ2) is 9.65. The average Bonchev–Trinajstić information content (AvgIpc) is 2.63. The van der Waals surface area contributed by atoms with Crippen molar-refractivity contribution in [3.63, 3.8) is 0 Å². The van der Waals surface area contributed by atoms with Crippen LogP contribution in [-0.4, -0.2) is 40.0 Å². The SMILES string of the molecule is CCOC(=O)CC(=O)CSc1nc(N)c(NC(=O)c2ccc(F)cc2)c(=O)[nH]1. The standard InChI is InChI=1S/C17H17FN4O5S/c1-2-27-12(24)7-11(23)8-28-17-21-14(19)13(16(26)22-17)20-15(25)9-3-5-10(18)6-4-9/h3-6H,2,7-8H2,1H3,(H,20,25)(H3,19,21,22,26). The van der Waals surface area contributed by atoms with E-state index >= 15 is 0 Å². The highest BCUT2D eigenvalue weighted by atomic mass is 32.2. The molecule has 9 nitrogen and oxygen atoms in total. The molecule has 0 unspecified atom stereocenters. The van der Waals surface area contributed by atoms with Gasteiger partial charge in [-0.3, -0.25) is 24.2 Å². The molecule has 148 valence electrons. The van der Waals surface area contributed by atoms with E-state index in [9.17, 15) is 23.6 Å². The lowest BCUT2D eigenvalue weighted by Crippen LogP contribution is -2.23. The minimum atomic E-state index is -0.719. The van der Waals surface area contributed by atoms with Gasteiger partial charge in [-0.25, -0.2) is 9.37 Å². The quantitative estimate of drug-likeness (QED) is 0.257. The smallest absolute Gasteiger partial charge is 0.313 e. The molecule has 0 radical (unpaired) electrons. The van der Waals surface area contributed by atoms with Crippen LogP contribution in [0, 0.1) is 5.82 Å². The Kier molecular flexibility index (Phi) is 7.27. The van der Waals surface area contributed by atoms with Crippen molar-refractivity contribution >= 4 is 40.9 Å². The lowest BCUT2D eigenvalue weighted by atomic mass is 10.2. The topological polar surface area (TPSA) is 144 Å². The number of hydrogen-bond acceptors (Lipinski definition) is 8. The molecule has 1 aromatic heterocycles. The summed E-state index contributed by atoms with van der Waals surface area (Å²) in [6.45, 7) is 1.81. The van der Waals surface area contributed by atoms with E-state index < -0.39 is 29.0 Å². The van der Waals surface area contributed by atoms with Crippen LogP contribution in [0.25, 0.3) is 0 Å². The van der Waals surface area contributed by atoms with E-state index in [1.54, 1.807) is 6.92 Å². The number of nitrogens with one attached hydrogen (secondary N) is 2. The number of aromatic nitrogens is 2. The zero-order chi connectivity index (χ0) is 20.7. The number of nitrogens with zero attached hydrogens (tertiary/aromatic N) is 1. The zero-order valence-corrected chi connectivity index (χ0v) is 15.6. The Balaban J connectivity index is 2.03. The highest BCUT2D eigenvalue weighted by Crippen LogP contribution is 2.18. The van der Waals surface area contributed by atoms with Gasteiger partial charge in [-0.2, -0.15) is 0 Å². The maximum atomic E-state index is 12.9. The molecule has 0 aliphatic heterocycles. The molecule has 0 spiro atoms. The van der Waals surface area contributed by atoms with Gasteiger partial charge in [0.15, 0.2) is 16.8 Å². The number of halogens is 1. The summed E-state index contributed by atoms with van der Waals surface area (Å²) in [4.78, 5) is 53.6. The predicted molar refractivity (Wildman–Crippen MR) is 101 cm³/mol. The summed E-state index contributed by atoms with van der Waals surface area (Å²) in [7, 11) is 0. The van der Waals surface area contributed by atoms with E-state index in [2.05, 4.69) is 20.0 Å². The third-order valence-corrected chi connectivity index (χ3v) is 4.22. The van der Waals surface area contributed by atoms with Gasteiger partial charge in [-0.15, -0.1) is 0 Å². The summed E-state index contributed by atoms with van der Waals surface area (Å²) in [5, 5.41) is 2.37. The normalized spacial score (nSPS) is 10.4. The number of carbonyl (C=O) groups is 3. The number of hydrogen-bond donors (Lipinski definition) is 3. The molecule has 2 rings (SSSR count). The van der Waals surface area contributed by atoms with E-state index in [1.807, 2.05) is 0 Å². The number of benzene rings is 1. The number of ether oxygens (including phenoxy) is 1. The Morgan fingerprint density at radius 3 is 2.57 bits per heavy atom. The highest BCUT2D eigenvalue weighted by Gasteiger charge is 2.16. The number of nitrogen functional groups attached to an aromatic ring is 1. The summed E-state index contributed by atoms with van der Waals surface area (Å²) in [6.07, 6.45) is -0.383. The Morgan fingerprint density at radius 1 is 1.29 bits per heavy atom. The molecule has 0 atom stereocenters. The molecule has 0 bridgehead atoms. The lowest BCUT2D eigenvalue weighted by Gasteiger charge is -2.08. The van der Waals surface area contributed by atoms with Crippen molar-refractivity contribution in [1.29, 1.82) is 0 Å². The van der Waals surface area contributed by atoms with Crippen LogP contribution in [0.2, 0.25) is 0 Å². The largest absolute Gasteiger partial charge is 0.466 e. The molecule has 2 aromatic rings. The van der Waals surface area contributed by atoms with E-state index in [4.69, 9.17) is 5.73 Å². The summed E-state index contributed by atoms with van der Waals surface area (Å²) in [5.41, 5.74) is 4.86. The minimum Gasteiger partial charge on any atom is -0.466 e. The van der Waals surface area contributed by atoms with Crippen LogP contribution in [0.4, 0.5) is 15.9 Å². The molecule has 11 heteroatoms. The van der Waals surface area contributed by atoms with Gasteiger partial charge in [-0.1, -0.05) is 11.8 Å². The first-order valence-corrected chi connectivity index (χ1v) is 9.05. The summed E-state index contributed by atoms with van der Waals surface area (Å²) in [6, 6.07) is 4.71. The molecule has 0 saturated heterocycles. The van der Waals surface area contributed by atoms with Crippen LogP contribution in [0.5, 0.6) is 0 Å². The maximum absolute atomic E-state index is 12.9. The number of rotatable bonds is 8. The monoisotopic (exact) mass is 408 g/mol. The van der Waals surface area contributed by atoms with Gasteiger partial charge in [0.25, 0.3) is 11.5 Å². The van der Waals surface area contributed by atoms with Crippen LogP contribution in [0.15, 0.2) is 34.2 Å². The first kappa shape index (κ1) is 21.1. The van der Waals surface area contributed by atoms with Gasteiger partial charge < -0.3 is 15.8 Å². The second-order valence-corrected chi connectivity index (χ2v) is 6.37. The number of thioether (sulfide) groups is 1. The molecule has 0 fully saturated rings.